The number of aromatic amines is 1. The van der Waals surface area contributed by atoms with Crippen LogP contribution in [0.15, 0.2) is 18.2 Å². The van der Waals surface area contributed by atoms with Crippen molar-refractivity contribution in [2.24, 2.45) is 0 Å². The summed E-state index contributed by atoms with van der Waals surface area (Å²) in [6.45, 7) is 11.0. The van der Waals surface area contributed by atoms with Crippen molar-refractivity contribution in [3.05, 3.63) is 29.5 Å². The van der Waals surface area contributed by atoms with Gasteiger partial charge in [-0.1, -0.05) is 40.7 Å². The summed E-state index contributed by atoms with van der Waals surface area (Å²) in [5.74, 6) is 0.562. The highest BCUT2D eigenvalue weighted by Gasteiger charge is 2.20. The van der Waals surface area contributed by atoms with Gasteiger partial charge in [0.1, 0.15) is 0 Å². The third-order valence-corrected chi connectivity index (χ3v) is 2.96. The van der Waals surface area contributed by atoms with Crippen LogP contribution in [0.25, 0.3) is 10.9 Å². The zero-order valence-electron chi connectivity index (χ0n) is 10.8. The van der Waals surface area contributed by atoms with E-state index in [0.717, 1.165) is 11.2 Å². The molecule has 1 aromatic carbocycles. The molecule has 1 aromatic heterocycles. The maximum atomic E-state index is 4.44. The summed E-state index contributed by atoms with van der Waals surface area (Å²) < 4.78 is 0. The van der Waals surface area contributed by atoms with Gasteiger partial charge in [0, 0.05) is 10.8 Å². The molecule has 0 unspecified atom stereocenters. The molecule has 0 saturated heterocycles. The molecular weight excluding hydrogens is 196 g/mol. The van der Waals surface area contributed by atoms with E-state index in [1.54, 1.807) is 0 Å². The molecule has 1 heterocycles. The summed E-state index contributed by atoms with van der Waals surface area (Å²) >= 11 is 0. The first kappa shape index (κ1) is 11.2. The van der Waals surface area contributed by atoms with Crippen molar-refractivity contribution in [2.75, 3.05) is 0 Å². The predicted molar refractivity (Wildman–Crippen MR) is 68.9 cm³/mol. The molecule has 16 heavy (non-hydrogen) atoms. The fraction of sp³-hybridized carbons (Fsp3) is 0.500. The van der Waals surface area contributed by atoms with Gasteiger partial charge in [0.05, 0.1) is 11.2 Å². The first-order valence-corrected chi connectivity index (χ1v) is 5.88. The van der Waals surface area contributed by atoms with Gasteiger partial charge in [-0.3, -0.25) is 5.10 Å². The van der Waals surface area contributed by atoms with Crippen LogP contribution in [-0.4, -0.2) is 10.2 Å². The fourth-order valence-electron chi connectivity index (χ4n) is 1.96. The highest BCUT2D eigenvalue weighted by atomic mass is 15.1. The largest absolute Gasteiger partial charge is 0.278 e. The molecule has 0 amide bonds. The number of nitrogens with zero attached hydrogens (tertiary/aromatic N) is 1. The van der Waals surface area contributed by atoms with E-state index in [0.29, 0.717) is 5.92 Å². The van der Waals surface area contributed by atoms with Gasteiger partial charge in [-0.2, -0.15) is 5.10 Å². The van der Waals surface area contributed by atoms with Gasteiger partial charge in [-0.25, -0.2) is 0 Å². The van der Waals surface area contributed by atoms with Crippen LogP contribution >= 0.6 is 0 Å². The van der Waals surface area contributed by atoms with Crippen molar-refractivity contribution in [1.82, 2.24) is 10.2 Å². The molecule has 0 fully saturated rings. The van der Waals surface area contributed by atoms with Crippen molar-refractivity contribution >= 4 is 10.9 Å². The summed E-state index contributed by atoms with van der Waals surface area (Å²) in [4.78, 5) is 0. The number of nitrogens with one attached hydrogen (secondary N) is 1. The lowest BCUT2D eigenvalue weighted by molar-refractivity contribution is 0.571. The quantitative estimate of drug-likeness (QED) is 0.767. The molecule has 0 aliphatic carbocycles. The molecule has 0 aliphatic heterocycles. The minimum Gasteiger partial charge on any atom is -0.278 e. The molecule has 86 valence electrons. The Kier molecular flexibility index (Phi) is 2.53. The van der Waals surface area contributed by atoms with E-state index in [1.807, 2.05) is 0 Å². The summed E-state index contributed by atoms with van der Waals surface area (Å²) in [5.41, 5.74) is 3.76. The minimum atomic E-state index is 0.0911. The van der Waals surface area contributed by atoms with Gasteiger partial charge in [-0.05, 0) is 23.6 Å². The van der Waals surface area contributed by atoms with E-state index in [1.165, 1.54) is 10.9 Å². The van der Waals surface area contributed by atoms with Crippen LogP contribution in [0.1, 0.15) is 51.8 Å². The van der Waals surface area contributed by atoms with Gasteiger partial charge < -0.3 is 0 Å². The minimum absolute atomic E-state index is 0.0911. The van der Waals surface area contributed by atoms with Gasteiger partial charge in [0.2, 0.25) is 0 Å². The highest BCUT2D eigenvalue weighted by molar-refractivity contribution is 5.83. The second kappa shape index (κ2) is 3.62. The summed E-state index contributed by atoms with van der Waals surface area (Å²) in [7, 11) is 0. The van der Waals surface area contributed by atoms with Gasteiger partial charge in [0.15, 0.2) is 0 Å². The van der Waals surface area contributed by atoms with Crippen LogP contribution in [0, 0.1) is 0 Å². The predicted octanol–water partition coefficient (Wildman–Crippen LogP) is 3.98. The SMILES string of the molecule is CC(C)c1ccc2[nH]nc(C(C)(C)C)c2c1. The van der Waals surface area contributed by atoms with Crippen LogP contribution in [0.4, 0.5) is 0 Å². The van der Waals surface area contributed by atoms with Crippen molar-refractivity contribution < 1.29 is 0 Å². The van der Waals surface area contributed by atoms with E-state index >= 15 is 0 Å². The maximum absolute atomic E-state index is 4.44. The standard InChI is InChI=1S/C14H20N2/c1-9(2)10-6-7-12-11(8-10)13(16-15-12)14(3,4)5/h6-9H,1-5H3,(H,15,16). The molecule has 0 aliphatic rings. The Morgan fingerprint density at radius 1 is 1.19 bits per heavy atom. The monoisotopic (exact) mass is 216 g/mol. The fourth-order valence-corrected chi connectivity index (χ4v) is 1.96. The first-order valence-electron chi connectivity index (χ1n) is 5.88. The number of H-pyrrole nitrogens is 1. The van der Waals surface area contributed by atoms with E-state index in [4.69, 9.17) is 0 Å². The number of fused-ring (bicyclic) bond motifs is 1. The molecule has 0 bridgehead atoms. The topological polar surface area (TPSA) is 28.7 Å². The first-order chi connectivity index (χ1) is 7.39. The Morgan fingerprint density at radius 2 is 1.88 bits per heavy atom. The molecule has 2 nitrogen and oxygen atoms in total. The molecule has 0 spiro atoms. The lowest BCUT2D eigenvalue weighted by Crippen LogP contribution is -2.12. The molecule has 0 radical (unpaired) electrons. The zero-order valence-corrected chi connectivity index (χ0v) is 10.8. The summed E-state index contributed by atoms with van der Waals surface area (Å²) in [6.07, 6.45) is 0. The van der Waals surface area contributed by atoms with Crippen molar-refractivity contribution in [2.45, 2.75) is 46.0 Å². The van der Waals surface area contributed by atoms with E-state index in [2.05, 4.69) is 63.0 Å². The van der Waals surface area contributed by atoms with Gasteiger partial charge in [-0.15, -0.1) is 0 Å². The van der Waals surface area contributed by atoms with Gasteiger partial charge >= 0.3 is 0 Å². The van der Waals surface area contributed by atoms with Crippen molar-refractivity contribution in [3.63, 3.8) is 0 Å². The van der Waals surface area contributed by atoms with E-state index in [-0.39, 0.29) is 5.41 Å². The van der Waals surface area contributed by atoms with Crippen LogP contribution < -0.4 is 0 Å². The number of benzene rings is 1. The van der Waals surface area contributed by atoms with Crippen LogP contribution in [0.2, 0.25) is 0 Å². The lowest BCUT2D eigenvalue weighted by atomic mass is 9.89. The Hall–Kier alpha value is -1.31. The summed E-state index contributed by atoms with van der Waals surface area (Å²) in [6, 6.07) is 6.58. The second-order valence-electron chi connectivity index (χ2n) is 5.78. The Bertz CT molecular complexity index is 501. The third-order valence-electron chi connectivity index (χ3n) is 2.96. The van der Waals surface area contributed by atoms with Crippen molar-refractivity contribution in [3.8, 4) is 0 Å². The van der Waals surface area contributed by atoms with E-state index < -0.39 is 0 Å². The normalized spacial score (nSPS) is 12.6. The lowest BCUT2D eigenvalue weighted by Gasteiger charge is -2.16. The number of rotatable bonds is 1. The maximum Gasteiger partial charge on any atom is 0.0754 e. The zero-order chi connectivity index (χ0) is 11.9. The molecule has 0 atom stereocenters. The van der Waals surface area contributed by atoms with Crippen LogP contribution in [-0.2, 0) is 5.41 Å². The van der Waals surface area contributed by atoms with Crippen LogP contribution in [0.5, 0.6) is 0 Å². The number of aromatic nitrogens is 2. The smallest absolute Gasteiger partial charge is 0.0754 e. The Morgan fingerprint density at radius 3 is 2.44 bits per heavy atom. The molecular formula is C14H20N2. The highest BCUT2D eigenvalue weighted by Crippen LogP contribution is 2.29. The Balaban J connectivity index is 2.65. The van der Waals surface area contributed by atoms with E-state index in [9.17, 15) is 0 Å². The van der Waals surface area contributed by atoms with Gasteiger partial charge in [0.25, 0.3) is 0 Å². The second-order valence-corrected chi connectivity index (χ2v) is 5.78. The van der Waals surface area contributed by atoms with Crippen molar-refractivity contribution in [1.29, 1.82) is 0 Å². The number of hydrogen-bond donors (Lipinski definition) is 1. The number of hydrogen-bond acceptors (Lipinski definition) is 1. The molecule has 2 heteroatoms. The molecule has 2 aromatic rings. The molecule has 0 saturated carbocycles. The molecule has 1 N–H and O–H groups in total. The average molecular weight is 216 g/mol. The molecule has 2 rings (SSSR count). The van der Waals surface area contributed by atoms with Crippen LogP contribution in [0.3, 0.4) is 0 Å². The average Bonchev–Trinajstić information content (AvgIpc) is 2.58. The third kappa shape index (κ3) is 1.84. The Labute approximate surface area is 97.1 Å². The summed E-state index contributed by atoms with van der Waals surface area (Å²) in [5, 5.41) is 8.82.